The lowest BCUT2D eigenvalue weighted by molar-refractivity contribution is 1.06. The van der Waals surface area contributed by atoms with Crippen LogP contribution in [-0.4, -0.2) is 0 Å². The van der Waals surface area contributed by atoms with Gasteiger partial charge in [0.1, 0.15) is 0 Å². The van der Waals surface area contributed by atoms with Crippen molar-refractivity contribution < 1.29 is 0 Å². The summed E-state index contributed by atoms with van der Waals surface area (Å²) in [5.74, 6) is 0.350. The maximum Gasteiger partial charge on any atom is 0.0285 e. The van der Waals surface area contributed by atoms with E-state index in [4.69, 9.17) is 0 Å². The summed E-state index contributed by atoms with van der Waals surface area (Å²) in [5.41, 5.74) is 5.42. The minimum absolute atomic E-state index is 0.350. The molecule has 1 heteroatoms. The smallest absolute Gasteiger partial charge is 0.0285 e. The fourth-order valence-electron chi connectivity index (χ4n) is 3.24. The highest BCUT2D eigenvalue weighted by molar-refractivity contribution is 9.10. The van der Waals surface area contributed by atoms with Gasteiger partial charge in [-0.05, 0) is 46.5 Å². The minimum Gasteiger partial charge on any atom is -0.0720 e. The first-order chi connectivity index (χ1) is 10.2. The van der Waals surface area contributed by atoms with Gasteiger partial charge < -0.3 is 0 Å². The molecule has 0 saturated heterocycles. The molecule has 0 saturated carbocycles. The maximum absolute atomic E-state index is 3.66. The van der Waals surface area contributed by atoms with Crippen molar-refractivity contribution in [2.75, 3.05) is 0 Å². The third-order valence-electron chi connectivity index (χ3n) is 4.24. The molecule has 0 amide bonds. The molecule has 0 aliphatic heterocycles. The Balaban J connectivity index is 1.99. The van der Waals surface area contributed by atoms with E-state index in [1.165, 1.54) is 33.0 Å². The Hall–Kier alpha value is -1.86. The predicted octanol–water partition coefficient (Wildman–Crippen LogP) is 6.07. The Labute approximate surface area is 133 Å². The zero-order chi connectivity index (χ0) is 14.4. The molecule has 0 aromatic heterocycles. The summed E-state index contributed by atoms with van der Waals surface area (Å²) in [4.78, 5) is 0. The van der Waals surface area contributed by atoms with Crippen LogP contribution in [0.5, 0.6) is 0 Å². The normalized spacial score (nSPS) is 16.4. The van der Waals surface area contributed by atoms with Gasteiger partial charge in [0.2, 0.25) is 0 Å². The summed E-state index contributed by atoms with van der Waals surface area (Å²) in [5, 5.41) is 2.65. The van der Waals surface area contributed by atoms with Crippen molar-refractivity contribution >= 4 is 32.8 Å². The highest BCUT2D eigenvalue weighted by atomic mass is 79.9. The van der Waals surface area contributed by atoms with Crippen LogP contribution in [0.2, 0.25) is 0 Å². The topological polar surface area (TPSA) is 0 Å². The Morgan fingerprint density at radius 3 is 2.67 bits per heavy atom. The number of aryl methyl sites for hydroxylation is 1. The van der Waals surface area contributed by atoms with Crippen molar-refractivity contribution in [3.63, 3.8) is 0 Å². The number of halogens is 1. The summed E-state index contributed by atoms with van der Waals surface area (Å²) in [6.45, 7) is 2.16. The summed E-state index contributed by atoms with van der Waals surface area (Å²) >= 11 is 3.66. The molecule has 1 unspecified atom stereocenters. The van der Waals surface area contributed by atoms with Gasteiger partial charge in [0.05, 0.1) is 0 Å². The van der Waals surface area contributed by atoms with E-state index < -0.39 is 0 Å². The first-order valence-electron chi connectivity index (χ1n) is 7.19. The van der Waals surface area contributed by atoms with Crippen LogP contribution < -0.4 is 0 Å². The first-order valence-corrected chi connectivity index (χ1v) is 7.98. The van der Waals surface area contributed by atoms with Crippen LogP contribution >= 0.6 is 15.9 Å². The monoisotopic (exact) mass is 334 g/mol. The Morgan fingerprint density at radius 1 is 0.905 bits per heavy atom. The Bertz CT molecular complexity index is 874. The number of hydrogen-bond acceptors (Lipinski definition) is 0. The Kier molecular flexibility index (Phi) is 2.97. The van der Waals surface area contributed by atoms with Crippen molar-refractivity contribution in [3.8, 4) is 0 Å². The lowest BCUT2D eigenvalue weighted by Crippen LogP contribution is -1.97. The average molecular weight is 335 g/mol. The molecule has 102 valence electrons. The molecule has 3 aromatic carbocycles. The van der Waals surface area contributed by atoms with E-state index in [1.54, 1.807) is 0 Å². The molecule has 1 atom stereocenters. The molecule has 0 fully saturated rings. The van der Waals surface area contributed by atoms with E-state index in [0.717, 1.165) is 4.47 Å². The van der Waals surface area contributed by atoms with Crippen LogP contribution in [0.3, 0.4) is 0 Å². The van der Waals surface area contributed by atoms with Crippen molar-refractivity contribution in [3.05, 3.63) is 87.4 Å². The van der Waals surface area contributed by atoms with E-state index in [1.807, 2.05) is 0 Å². The molecule has 21 heavy (non-hydrogen) atoms. The molecule has 1 aliphatic rings. The van der Waals surface area contributed by atoms with E-state index >= 15 is 0 Å². The molecule has 0 nitrogen and oxygen atoms in total. The summed E-state index contributed by atoms with van der Waals surface area (Å²) in [6, 6.07) is 19.8. The van der Waals surface area contributed by atoms with Crippen molar-refractivity contribution in [2.45, 2.75) is 12.8 Å². The Morgan fingerprint density at radius 2 is 1.76 bits per heavy atom. The zero-order valence-electron chi connectivity index (χ0n) is 11.8. The van der Waals surface area contributed by atoms with Gasteiger partial charge in [-0.1, -0.05) is 76.1 Å². The third kappa shape index (κ3) is 2.13. The van der Waals surface area contributed by atoms with E-state index in [0.29, 0.717) is 5.92 Å². The third-order valence-corrected chi connectivity index (χ3v) is 4.70. The van der Waals surface area contributed by atoms with Crippen LogP contribution in [0.25, 0.3) is 16.8 Å². The van der Waals surface area contributed by atoms with E-state index in [2.05, 4.69) is 89.6 Å². The number of benzene rings is 3. The molecular formula is C20H15Br. The molecular weight excluding hydrogens is 320 g/mol. The second kappa shape index (κ2) is 4.85. The molecule has 1 aliphatic carbocycles. The van der Waals surface area contributed by atoms with E-state index in [-0.39, 0.29) is 0 Å². The SMILES string of the molecule is Cc1ccc2cc(Br)cc(C3C=Cc4ccccc43)c2c1. The van der Waals surface area contributed by atoms with Gasteiger partial charge in [0.15, 0.2) is 0 Å². The predicted molar refractivity (Wildman–Crippen MR) is 93.7 cm³/mol. The lowest BCUT2D eigenvalue weighted by Gasteiger charge is -2.16. The lowest BCUT2D eigenvalue weighted by atomic mass is 9.89. The number of rotatable bonds is 1. The molecule has 3 aromatic rings. The highest BCUT2D eigenvalue weighted by Crippen LogP contribution is 2.39. The van der Waals surface area contributed by atoms with Gasteiger partial charge >= 0.3 is 0 Å². The summed E-state index contributed by atoms with van der Waals surface area (Å²) < 4.78 is 1.15. The van der Waals surface area contributed by atoms with Crippen LogP contribution in [-0.2, 0) is 0 Å². The average Bonchev–Trinajstić information content (AvgIpc) is 2.91. The van der Waals surface area contributed by atoms with Crippen molar-refractivity contribution in [2.24, 2.45) is 0 Å². The number of hydrogen-bond donors (Lipinski definition) is 0. The molecule has 4 rings (SSSR count). The van der Waals surface area contributed by atoms with Gasteiger partial charge in [-0.25, -0.2) is 0 Å². The zero-order valence-corrected chi connectivity index (χ0v) is 13.4. The molecule has 0 bridgehead atoms. The molecule has 0 radical (unpaired) electrons. The van der Waals surface area contributed by atoms with E-state index in [9.17, 15) is 0 Å². The molecule has 0 spiro atoms. The summed E-state index contributed by atoms with van der Waals surface area (Å²) in [7, 11) is 0. The standard InChI is InChI=1S/C20H15Br/c1-13-6-7-15-11-16(21)12-20(19(15)10-13)18-9-8-14-4-2-3-5-17(14)18/h2-12,18H,1H3. The van der Waals surface area contributed by atoms with Gasteiger partial charge in [0, 0.05) is 10.4 Å². The first kappa shape index (κ1) is 12.8. The largest absolute Gasteiger partial charge is 0.0720 e. The van der Waals surface area contributed by atoms with Gasteiger partial charge in [-0.15, -0.1) is 0 Å². The minimum atomic E-state index is 0.350. The van der Waals surface area contributed by atoms with Gasteiger partial charge in [0.25, 0.3) is 0 Å². The van der Waals surface area contributed by atoms with Crippen LogP contribution in [0.15, 0.2) is 65.1 Å². The summed E-state index contributed by atoms with van der Waals surface area (Å²) in [6.07, 6.45) is 4.55. The maximum atomic E-state index is 3.66. The van der Waals surface area contributed by atoms with Crippen LogP contribution in [0.4, 0.5) is 0 Å². The highest BCUT2D eigenvalue weighted by Gasteiger charge is 2.20. The van der Waals surface area contributed by atoms with Gasteiger partial charge in [-0.2, -0.15) is 0 Å². The van der Waals surface area contributed by atoms with Gasteiger partial charge in [-0.3, -0.25) is 0 Å². The fraction of sp³-hybridized carbons (Fsp3) is 0.100. The molecule has 0 N–H and O–H groups in total. The number of fused-ring (bicyclic) bond motifs is 2. The second-order valence-corrected chi connectivity index (χ2v) is 6.60. The van der Waals surface area contributed by atoms with Crippen LogP contribution in [0.1, 0.15) is 28.2 Å². The molecule has 0 heterocycles. The fourth-order valence-corrected chi connectivity index (χ4v) is 3.73. The van der Waals surface area contributed by atoms with Crippen LogP contribution in [0, 0.1) is 6.92 Å². The quantitative estimate of drug-likeness (QED) is 0.506. The van der Waals surface area contributed by atoms with Crippen molar-refractivity contribution in [1.29, 1.82) is 0 Å². The number of allylic oxidation sites excluding steroid dienone is 1. The second-order valence-electron chi connectivity index (χ2n) is 5.69. The van der Waals surface area contributed by atoms with Crippen molar-refractivity contribution in [1.82, 2.24) is 0 Å².